The standard InChI is InChI=1S/C24H23FN4O3S2/c1-14-18(10-20-23(31)29(24(33)34-20)13-17-4-3-9-32-17)21(28(2)22(30)19(14)11-26)27-12-15-5-7-16(25)8-6-15/h5-8,10,17,27H,3-4,9,12-13H2,1-2H3/b20-10+. The fourth-order valence-corrected chi connectivity index (χ4v) is 5.27. The zero-order chi connectivity index (χ0) is 24.4. The fourth-order valence-electron chi connectivity index (χ4n) is 4.01. The highest BCUT2D eigenvalue weighted by molar-refractivity contribution is 8.26. The first-order valence-corrected chi connectivity index (χ1v) is 12.0. The number of nitriles is 1. The number of carbonyl (C=O) groups excluding carboxylic acids is 1. The van der Waals surface area contributed by atoms with E-state index >= 15 is 0 Å². The Labute approximate surface area is 206 Å². The van der Waals surface area contributed by atoms with Crippen molar-refractivity contribution in [1.82, 2.24) is 9.47 Å². The van der Waals surface area contributed by atoms with Crippen LogP contribution in [0.25, 0.3) is 6.08 Å². The van der Waals surface area contributed by atoms with E-state index in [2.05, 4.69) is 5.32 Å². The van der Waals surface area contributed by atoms with E-state index in [0.29, 0.717) is 45.9 Å². The van der Waals surface area contributed by atoms with Gasteiger partial charge in [0.15, 0.2) is 0 Å². The molecular formula is C24H23FN4O3S2. The number of hydrogen-bond donors (Lipinski definition) is 1. The molecule has 7 nitrogen and oxygen atoms in total. The van der Waals surface area contributed by atoms with Crippen LogP contribution < -0.4 is 10.9 Å². The van der Waals surface area contributed by atoms with Crippen molar-refractivity contribution in [3.63, 3.8) is 0 Å². The number of halogens is 1. The second-order valence-corrected chi connectivity index (χ2v) is 9.82. The molecule has 2 saturated heterocycles. The van der Waals surface area contributed by atoms with Gasteiger partial charge in [-0.2, -0.15) is 5.26 Å². The average molecular weight is 499 g/mol. The van der Waals surface area contributed by atoms with Gasteiger partial charge in [-0.15, -0.1) is 0 Å². The molecule has 2 aliphatic heterocycles. The van der Waals surface area contributed by atoms with Crippen molar-refractivity contribution in [3.05, 3.63) is 67.6 Å². The molecule has 176 valence electrons. The Kier molecular flexibility index (Phi) is 7.16. The molecule has 1 atom stereocenters. The summed E-state index contributed by atoms with van der Waals surface area (Å²) in [5, 5.41) is 12.8. The van der Waals surface area contributed by atoms with E-state index in [0.717, 1.165) is 18.4 Å². The minimum Gasteiger partial charge on any atom is -0.376 e. The van der Waals surface area contributed by atoms with Crippen LogP contribution in [0, 0.1) is 24.1 Å². The fraction of sp³-hybridized carbons (Fsp3) is 0.333. The number of carbonyl (C=O) groups is 1. The zero-order valence-corrected chi connectivity index (χ0v) is 20.4. The molecule has 1 aromatic heterocycles. The van der Waals surface area contributed by atoms with Crippen molar-refractivity contribution in [3.8, 4) is 6.07 Å². The number of benzene rings is 1. The van der Waals surface area contributed by atoms with Crippen LogP contribution in [0.2, 0.25) is 0 Å². The lowest BCUT2D eigenvalue weighted by molar-refractivity contribution is -0.123. The molecule has 2 fully saturated rings. The first kappa shape index (κ1) is 24.1. The number of thiocarbonyl (C=S) groups is 1. The van der Waals surface area contributed by atoms with Gasteiger partial charge in [0.2, 0.25) is 0 Å². The van der Waals surface area contributed by atoms with Gasteiger partial charge in [-0.25, -0.2) is 4.39 Å². The lowest BCUT2D eigenvalue weighted by Gasteiger charge is -2.19. The van der Waals surface area contributed by atoms with Crippen molar-refractivity contribution in [1.29, 1.82) is 5.26 Å². The molecule has 0 bridgehead atoms. The molecule has 34 heavy (non-hydrogen) atoms. The van der Waals surface area contributed by atoms with Gasteiger partial charge in [-0.05, 0) is 49.1 Å². The molecule has 0 aliphatic carbocycles. The number of amides is 1. The van der Waals surface area contributed by atoms with E-state index in [1.807, 2.05) is 6.07 Å². The van der Waals surface area contributed by atoms with Crippen LogP contribution in [0.4, 0.5) is 10.2 Å². The normalized spacial score (nSPS) is 19.2. The van der Waals surface area contributed by atoms with Crippen LogP contribution in [0.1, 0.15) is 35.1 Å². The third kappa shape index (κ3) is 4.78. The third-order valence-electron chi connectivity index (χ3n) is 5.93. The van der Waals surface area contributed by atoms with Crippen molar-refractivity contribution < 1.29 is 13.9 Å². The molecule has 1 amide bonds. The number of anilines is 1. The highest BCUT2D eigenvalue weighted by atomic mass is 32.2. The molecule has 0 radical (unpaired) electrons. The summed E-state index contributed by atoms with van der Waals surface area (Å²) in [4.78, 5) is 27.9. The maximum atomic E-state index is 13.3. The maximum absolute atomic E-state index is 13.3. The predicted molar refractivity (Wildman–Crippen MR) is 134 cm³/mol. The molecule has 2 aromatic rings. The lowest BCUT2D eigenvalue weighted by Crippen LogP contribution is -2.35. The van der Waals surface area contributed by atoms with Crippen molar-refractivity contribution in [2.24, 2.45) is 7.05 Å². The summed E-state index contributed by atoms with van der Waals surface area (Å²) in [7, 11) is 1.57. The Balaban J connectivity index is 1.70. The number of thioether (sulfide) groups is 1. The Morgan fingerprint density at radius 1 is 1.35 bits per heavy atom. The van der Waals surface area contributed by atoms with Crippen LogP contribution in [-0.4, -0.2) is 39.0 Å². The van der Waals surface area contributed by atoms with Crippen molar-refractivity contribution >= 4 is 46.1 Å². The van der Waals surface area contributed by atoms with Crippen LogP contribution in [-0.2, 0) is 23.1 Å². The van der Waals surface area contributed by atoms with Crippen LogP contribution in [0.15, 0.2) is 34.0 Å². The van der Waals surface area contributed by atoms with E-state index in [1.165, 1.54) is 28.5 Å². The van der Waals surface area contributed by atoms with Crippen molar-refractivity contribution in [2.75, 3.05) is 18.5 Å². The largest absolute Gasteiger partial charge is 0.376 e. The first-order valence-electron chi connectivity index (χ1n) is 10.8. The highest BCUT2D eigenvalue weighted by Crippen LogP contribution is 2.35. The molecule has 1 N–H and O–H groups in total. The van der Waals surface area contributed by atoms with Gasteiger partial charge in [0, 0.05) is 25.8 Å². The molecule has 3 heterocycles. The number of hydrogen-bond acceptors (Lipinski definition) is 7. The predicted octanol–water partition coefficient (Wildman–Crippen LogP) is 3.70. The molecule has 0 spiro atoms. The second kappa shape index (κ2) is 10.1. The maximum Gasteiger partial charge on any atom is 0.270 e. The number of nitrogens with zero attached hydrogens (tertiary/aromatic N) is 3. The van der Waals surface area contributed by atoms with Gasteiger partial charge in [-0.3, -0.25) is 19.1 Å². The Bertz CT molecular complexity index is 1280. The minimum atomic E-state index is -0.440. The summed E-state index contributed by atoms with van der Waals surface area (Å²) in [5.41, 5.74) is 1.40. The lowest BCUT2D eigenvalue weighted by atomic mass is 10.0. The van der Waals surface area contributed by atoms with Gasteiger partial charge in [0.25, 0.3) is 11.5 Å². The first-order chi connectivity index (χ1) is 16.3. The van der Waals surface area contributed by atoms with Crippen molar-refractivity contribution in [2.45, 2.75) is 32.4 Å². The molecule has 10 heteroatoms. The summed E-state index contributed by atoms with van der Waals surface area (Å²) in [6.45, 7) is 3.10. The SMILES string of the molecule is Cc1c(/C=C2/SC(=S)N(CC3CCCO3)C2=O)c(NCc2ccc(F)cc2)n(C)c(=O)c1C#N. The van der Waals surface area contributed by atoms with Gasteiger partial charge < -0.3 is 10.1 Å². The zero-order valence-electron chi connectivity index (χ0n) is 18.8. The van der Waals surface area contributed by atoms with Gasteiger partial charge >= 0.3 is 0 Å². The van der Waals surface area contributed by atoms with Gasteiger partial charge in [0.1, 0.15) is 27.6 Å². The molecular weight excluding hydrogens is 475 g/mol. The molecule has 1 unspecified atom stereocenters. The number of pyridine rings is 1. The Hall–Kier alpha value is -3.00. The van der Waals surface area contributed by atoms with E-state index in [9.17, 15) is 19.2 Å². The van der Waals surface area contributed by atoms with E-state index < -0.39 is 5.56 Å². The van der Waals surface area contributed by atoms with E-state index in [1.54, 1.807) is 37.1 Å². The molecule has 1 aromatic carbocycles. The average Bonchev–Trinajstić information content (AvgIpc) is 3.42. The summed E-state index contributed by atoms with van der Waals surface area (Å²) in [6.07, 6.45) is 3.50. The number of nitrogens with one attached hydrogen (secondary N) is 1. The van der Waals surface area contributed by atoms with Crippen LogP contribution >= 0.6 is 24.0 Å². The Morgan fingerprint density at radius 2 is 2.09 bits per heavy atom. The molecule has 0 saturated carbocycles. The van der Waals surface area contributed by atoms with E-state index in [4.69, 9.17) is 17.0 Å². The minimum absolute atomic E-state index is 0.0101. The second-order valence-electron chi connectivity index (χ2n) is 8.15. The summed E-state index contributed by atoms with van der Waals surface area (Å²) >= 11 is 6.64. The monoisotopic (exact) mass is 498 g/mol. The number of ether oxygens (including phenoxy) is 1. The Morgan fingerprint density at radius 3 is 2.74 bits per heavy atom. The quantitative estimate of drug-likeness (QED) is 0.480. The summed E-state index contributed by atoms with van der Waals surface area (Å²) < 4.78 is 20.7. The molecule has 4 rings (SSSR count). The summed E-state index contributed by atoms with van der Waals surface area (Å²) in [6, 6.07) is 7.99. The summed E-state index contributed by atoms with van der Waals surface area (Å²) in [5.74, 6) is -0.104. The van der Waals surface area contributed by atoms with Gasteiger partial charge in [-0.1, -0.05) is 36.1 Å². The molecule has 2 aliphatic rings. The van der Waals surface area contributed by atoms with Crippen LogP contribution in [0.5, 0.6) is 0 Å². The van der Waals surface area contributed by atoms with E-state index in [-0.39, 0.29) is 23.4 Å². The highest BCUT2D eigenvalue weighted by Gasteiger charge is 2.35. The third-order valence-corrected chi connectivity index (χ3v) is 7.31. The number of aromatic nitrogens is 1. The number of rotatable bonds is 6. The smallest absolute Gasteiger partial charge is 0.270 e. The van der Waals surface area contributed by atoms with Gasteiger partial charge in [0.05, 0.1) is 17.6 Å². The van der Waals surface area contributed by atoms with Crippen LogP contribution in [0.3, 0.4) is 0 Å². The topological polar surface area (TPSA) is 87.4 Å².